The maximum atomic E-state index is 13.1. The second kappa shape index (κ2) is 4.41. The van der Waals surface area contributed by atoms with Crippen molar-refractivity contribution >= 4 is 33.2 Å². The van der Waals surface area contributed by atoms with Crippen LogP contribution in [-0.2, 0) is 0 Å². The van der Waals surface area contributed by atoms with Gasteiger partial charge in [-0.3, -0.25) is 0 Å². The van der Waals surface area contributed by atoms with Crippen LogP contribution < -0.4 is 5.32 Å². The first kappa shape index (κ1) is 13.1. The van der Waals surface area contributed by atoms with Crippen molar-refractivity contribution in [3.8, 4) is 0 Å². The normalized spacial score (nSPS) is 26.5. The van der Waals surface area contributed by atoms with Crippen molar-refractivity contribution in [1.82, 2.24) is 0 Å². The van der Waals surface area contributed by atoms with Crippen LogP contribution in [0.1, 0.15) is 20.3 Å². The molecule has 1 saturated carbocycles. The van der Waals surface area contributed by atoms with E-state index in [4.69, 9.17) is 11.6 Å². The highest BCUT2D eigenvalue weighted by molar-refractivity contribution is 9.10. The average molecular weight is 323 g/mol. The summed E-state index contributed by atoms with van der Waals surface area (Å²) in [6.45, 7) is 3.98. The highest BCUT2D eigenvalue weighted by Crippen LogP contribution is 2.44. The molecule has 0 amide bonds. The standard InChI is InChI=1S/C12H14BrClFNO/c1-12(2)9(5-10(12)17)16-11-7(13)3-6(15)4-8(11)14/h3-4,9-10,16-17H,5H2,1-2H3. The van der Waals surface area contributed by atoms with E-state index >= 15 is 0 Å². The van der Waals surface area contributed by atoms with Gasteiger partial charge >= 0.3 is 0 Å². The Labute approximate surface area is 113 Å². The van der Waals surface area contributed by atoms with Gasteiger partial charge in [-0.15, -0.1) is 0 Å². The summed E-state index contributed by atoms with van der Waals surface area (Å²) < 4.78 is 13.7. The van der Waals surface area contributed by atoms with E-state index in [2.05, 4.69) is 21.2 Å². The number of hydrogen-bond donors (Lipinski definition) is 2. The van der Waals surface area contributed by atoms with Crippen molar-refractivity contribution in [2.75, 3.05) is 5.32 Å². The fourth-order valence-electron chi connectivity index (χ4n) is 2.00. The molecule has 2 atom stereocenters. The number of nitrogens with one attached hydrogen (secondary N) is 1. The van der Waals surface area contributed by atoms with Crippen LogP contribution in [0.4, 0.5) is 10.1 Å². The molecule has 1 fully saturated rings. The topological polar surface area (TPSA) is 32.3 Å². The van der Waals surface area contributed by atoms with Gasteiger partial charge in [0.15, 0.2) is 0 Å². The molecule has 2 unspecified atom stereocenters. The third-order valence-electron chi connectivity index (χ3n) is 3.54. The van der Waals surface area contributed by atoms with Gasteiger partial charge in [0, 0.05) is 15.9 Å². The zero-order valence-electron chi connectivity index (χ0n) is 9.60. The van der Waals surface area contributed by atoms with E-state index in [0.29, 0.717) is 21.6 Å². The Morgan fingerprint density at radius 3 is 2.65 bits per heavy atom. The molecule has 2 N–H and O–H groups in total. The maximum Gasteiger partial charge on any atom is 0.125 e. The van der Waals surface area contributed by atoms with E-state index in [-0.39, 0.29) is 23.4 Å². The first-order valence-electron chi connectivity index (χ1n) is 5.41. The third-order valence-corrected chi connectivity index (χ3v) is 4.46. The van der Waals surface area contributed by atoms with Crippen LogP contribution in [-0.4, -0.2) is 17.3 Å². The number of benzene rings is 1. The van der Waals surface area contributed by atoms with E-state index < -0.39 is 0 Å². The molecule has 94 valence electrons. The van der Waals surface area contributed by atoms with Gasteiger partial charge in [-0.25, -0.2) is 4.39 Å². The third kappa shape index (κ3) is 2.30. The highest BCUT2D eigenvalue weighted by atomic mass is 79.9. The molecular formula is C12H14BrClFNO. The van der Waals surface area contributed by atoms with Crippen LogP contribution >= 0.6 is 27.5 Å². The second-order valence-corrected chi connectivity index (χ2v) is 6.28. The molecule has 2 rings (SSSR count). The maximum absolute atomic E-state index is 13.1. The van der Waals surface area contributed by atoms with Crippen molar-refractivity contribution in [1.29, 1.82) is 0 Å². The molecule has 17 heavy (non-hydrogen) atoms. The number of halogens is 3. The van der Waals surface area contributed by atoms with Gasteiger partial charge in [0.1, 0.15) is 5.82 Å². The fourth-order valence-corrected chi connectivity index (χ4v) is 2.92. The van der Waals surface area contributed by atoms with E-state index in [0.717, 1.165) is 0 Å². The lowest BCUT2D eigenvalue weighted by atomic mass is 9.64. The van der Waals surface area contributed by atoms with Crippen LogP contribution in [0.3, 0.4) is 0 Å². The smallest absolute Gasteiger partial charge is 0.125 e. The number of aliphatic hydroxyl groups excluding tert-OH is 1. The Hall–Kier alpha value is -0.320. The molecule has 1 aromatic carbocycles. The Kier molecular flexibility index (Phi) is 3.40. The molecule has 0 aliphatic heterocycles. The Bertz CT molecular complexity index is 429. The molecule has 0 radical (unpaired) electrons. The Balaban J connectivity index is 2.21. The van der Waals surface area contributed by atoms with Crippen molar-refractivity contribution in [3.63, 3.8) is 0 Å². The summed E-state index contributed by atoms with van der Waals surface area (Å²) in [6, 6.07) is 2.78. The summed E-state index contributed by atoms with van der Waals surface area (Å²) in [4.78, 5) is 0. The summed E-state index contributed by atoms with van der Waals surface area (Å²) >= 11 is 9.28. The van der Waals surface area contributed by atoms with Crippen LogP contribution in [0.25, 0.3) is 0 Å². The first-order valence-corrected chi connectivity index (χ1v) is 6.58. The molecule has 0 aromatic heterocycles. The minimum Gasteiger partial charge on any atom is -0.392 e. The lowest BCUT2D eigenvalue weighted by molar-refractivity contribution is -0.0510. The van der Waals surface area contributed by atoms with Crippen molar-refractivity contribution in [2.24, 2.45) is 5.41 Å². The van der Waals surface area contributed by atoms with Crippen molar-refractivity contribution in [2.45, 2.75) is 32.4 Å². The molecule has 0 heterocycles. The quantitative estimate of drug-likeness (QED) is 0.868. The summed E-state index contributed by atoms with van der Waals surface area (Å²) in [5.74, 6) is -0.375. The molecule has 0 spiro atoms. The molecule has 0 saturated heterocycles. The molecule has 1 aliphatic rings. The largest absolute Gasteiger partial charge is 0.392 e. The lowest BCUT2D eigenvalue weighted by Crippen LogP contribution is -2.56. The molecule has 1 aromatic rings. The summed E-state index contributed by atoms with van der Waals surface area (Å²) in [5.41, 5.74) is 0.481. The van der Waals surface area contributed by atoms with Gasteiger partial charge in [-0.1, -0.05) is 25.4 Å². The van der Waals surface area contributed by atoms with Crippen LogP contribution in [0.5, 0.6) is 0 Å². The van der Waals surface area contributed by atoms with Crippen molar-refractivity contribution in [3.05, 3.63) is 27.4 Å². The zero-order chi connectivity index (χ0) is 12.8. The minimum absolute atomic E-state index is 0.136. The van der Waals surface area contributed by atoms with E-state index in [9.17, 15) is 9.50 Å². The van der Waals surface area contributed by atoms with E-state index in [1.807, 2.05) is 13.8 Å². The molecule has 5 heteroatoms. The van der Waals surface area contributed by atoms with E-state index in [1.54, 1.807) is 0 Å². The molecule has 1 aliphatic carbocycles. The number of aliphatic hydroxyl groups is 1. The molecule has 2 nitrogen and oxygen atoms in total. The Morgan fingerprint density at radius 1 is 1.53 bits per heavy atom. The van der Waals surface area contributed by atoms with E-state index in [1.165, 1.54) is 12.1 Å². The summed E-state index contributed by atoms with van der Waals surface area (Å²) in [6.07, 6.45) is 0.366. The zero-order valence-corrected chi connectivity index (χ0v) is 11.9. The van der Waals surface area contributed by atoms with Gasteiger partial charge in [-0.05, 0) is 34.5 Å². The van der Waals surface area contributed by atoms with Gasteiger partial charge in [0.25, 0.3) is 0 Å². The predicted octanol–water partition coefficient (Wildman–Crippen LogP) is 3.81. The lowest BCUT2D eigenvalue weighted by Gasteiger charge is -2.50. The van der Waals surface area contributed by atoms with Crippen molar-refractivity contribution < 1.29 is 9.50 Å². The second-order valence-electron chi connectivity index (χ2n) is 5.01. The molecular weight excluding hydrogens is 308 g/mol. The average Bonchev–Trinajstić information content (AvgIpc) is 2.21. The summed E-state index contributed by atoms with van der Waals surface area (Å²) in [5, 5.41) is 13.3. The van der Waals surface area contributed by atoms with Crippen LogP contribution in [0.2, 0.25) is 5.02 Å². The van der Waals surface area contributed by atoms with Gasteiger partial charge in [-0.2, -0.15) is 0 Å². The first-order chi connectivity index (χ1) is 7.82. The number of anilines is 1. The summed E-state index contributed by atoms with van der Waals surface area (Å²) in [7, 11) is 0. The molecule has 0 bridgehead atoms. The van der Waals surface area contributed by atoms with Gasteiger partial charge in [0.05, 0.1) is 16.8 Å². The van der Waals surface area contributed by atoms with Gasteiger partial charge in [0.2, 0.25) is 0 Å². The minimum atomic E-state index is -0.375. The fraction of sp³-hybridized carbons (Fsp3) is 0.500. The Morgan fingerprint density at radius 2 is 2.18 bits per heavy atom. The van der Waals surface area contributed by atoms with Gasteiger partial charge < -0.3 is 10.4 Å². The van der Waals surface area contributed by atoms with Crippen LogP contribution in [0.15, 0.2) is 16.6 Å². The van der Waals surface area contributed by atoms with Crippen LogP contribution in [0, 0.1) is 11.2 Å². The SMILES string of the molecule is CC1(C)C(O)CC1Nc1c(Cl)cc(F)cc1Br. The highest BCUT2D eigenvalue weighted by Gasteiger charge is 2.47. The number of hydrogen-bond acceptors (Lipinski definition) is 2. The monoisotopic (exact) mass is 321 g/mol. The predicted molar refractivity (Wildman–Crippen MR) is 70.9 cm³/mol. The number of rotatable bonds is 2.